The van der Waals surface area contributed by atoms with Gasteiger partial charge in [0.25, 0.3) is 0 Å². The topological polar surface area (TPSA) is 69.7 Å². The molecule has 132 valence electrons. The van der Waals surface area contributed by atoms with E-state index in [9.17, 15) is 13.8 Å². The quantitative estimate of drug-likeness (QED) is 0.559. The molecule has 0 amide bonds. The maximum atomic E-state index is 12.4. The smallest absolute Gasteiger partial charge is 0.339 e. The molecule has 0 saturated carbocycles. The minimum absolute atomic E-state index is 0.0454. The van der Waals surface area contributed by atoms with Crippen LogP contribution in [-0.2, 0) is 22.1 Å². The first-order valence-electron chi connectivity index (χ1n) is 7.80. The zero-order chi connectivity index (χ0) is 18.4. The Morgan fingerprint density at radius 1 is 1.12 bits per heavy atom. The van der Waals surface area contributed by atoms with E-state index >= 15 is 0 Å². The summed E-state index contributed by atoms with van der Waals surface area (Å²) in [5.74, 6) is 0.300. The molecule has 0 aliphatic heterocycles. The molecule has 0 spiro atoms. The number of ketones is 1. The summed E-state index contributed by atoms with van der Waals surface area (Å²) in [6.07, 6.45) is 0. The normalized spacial score (nSPS) is 11.6. The Morgan fingerprint density at radius 3 is 2.48 bits per heavy atom. The highest BCUT2D eigenvalue weighted by atomic mass is 32.2. The van der Waals surface area contributed by atoms with Crippen LogP contribution in [0.4, 0.5) is 0 Å². The van der Waals surface area contributed by atoms with Gasteiger partial charge in [0.05, 0.1) is 28.4 Å². The molecule has 0 heterocycles. The van der Waals surface area contributed by atoms with Gasteiger partial charge in [-0.15, -0.1) is 0 Å². The fourth-order valence-corrected chi connectivity index (χ4v) is 3.26. The van der Waals surface area contributed by atoms with E-state index in [1.807, 2.05) is 0 Å². The summed E-state index contributed by atoms with van der Waals surface area (Å²) >= 11 is 0. The lowest BCUT2D eigenvalue weighted by molar-refractivity contribution is 0.0466. The Kier molecular flexibility index (Phi) is 6.47. The van der Waals surface area contributed by atoms with Gasteiger partial charge < -0.3 is 9.47 Å². The number of carbonyl (C=O) groups is 2. The molecule has 0 aromatic heterocycles. The summed E-state index contributed by atoms with van der Waals surface area (Å²) < 4.78 is 22.7. The molecule has 2 rings (SSSR count). The van der Waals surface area contributed by atoms with Gasteiger partial charge in [-0.3, -0.25) is 9.00 Å². The number of methoxy groups -OCH3 is 1. The second-order valence-electron chi connectivity index (χ2n) is 5.29. The highest BCUT2D eigenvalue weighted by molar-refractivity contribution is 7.85. The third-order valence-corrected chi connectivity index (χ3v) is 5.03. The first kappa shape index (κ1) is 18.9. The standard InChI is InChI=1S/C19H20O5S/c1-4-25(22)18-8-6-5-7-16(18)19(21)24-12-15-11-14(13(2)20)9-10-17(15)23-3/h5-11H,4,12H2,1-3H3/t25-/m0/s1. The van der Waals surface area contributed by atoms with Gasteiger partial charge >= 0.3 is 5.97 Å². The molecule has 0 bridgehead atoms. The molecular formula is C19H20O5S. The summed E-state index contributed by atoms with van der Waals surface area (Å²) in [4.78, 5) is 24.4. The monoisotopic (exact) mass is 360 g/mol. The first-order chi connectivity index (χ1) is 12.0. The summed E-state index contributed by atoms with van der Waals surface area (Å²) in [6, 6.07) is 11.7. The molecule has 0 N–H and O–H groups in total. The number of benzene rings is 2. The highest BCUT2D eigenvalue weighted by Gasteiger charge is 2.17. The molecule has 0 unspecified atom stereocenters. The van der Waals surface area contributed by atoms with Crippen molar-refractivity contribution in [3.05, 3.63) is 59.2 Å². The van der Waals surface area contributed by atoms with Crippen molar-refractivity contribution in [2.45, 2.75) is 25.3 Å². The fourth-order valence-electron chi connectivity index (χ4n) is 2.32. The van der Waals surface area contributed by atoms with Crippen molar-refractivity contribution in [2.24, 2.45) is 0 Å². The lowest BCUT2D eigenvalue weighted by Gasteiger charge is -2.12. The van der Waals surface area contributed by atoms with Gasteiger partial charge in [0.2, 0.25) is 0 Å². The van der Waals surface area contributed by atoms with Gasteiger partial charge in [-0.25, -0.2) is 4.79 Å². The SMILES string of the molecule is CC[S@](=O)c1ccccc1C(=O)OCc1cc(C(C)=O)ccc1OC. The van der Waals surface area contributed by atoms with Crippen molar-refractivity contribution in [3.8, 4) is 5.75 Å². The van der Waals surface area contributed by atoms with Crippen LogP contribution >= 0.6 is 0 Å². The van der Waals surface area contributed by atoms with E-state index in [-0.39, 0.29) is 18.0 Å². The first-order valence-corrected chi connectivity index (χ1v) is 9.12. The van der Waals surface area contributed by atoms with Crippen LogP contribution < -0.4 is 4.74 Å². The van der Waals surface area contributed by atoms with Crippen LogP contribution in [0.3, 0.4) is 0 Å². The Bertz CT molecular complexity index is 813. The molecule has 0 aliphatic rings. The maximum absolute atomic E-state index is 12.4. The summed E-state index contributed by atoms with van der Waals surface area (Å²) in [6.45, 7) is 3.21. The zero-order valence-corrected chi connectivity index (χ0v) is 15.2. The van der Waals surface area contributed by atoms with E-state index < -0.39 is 16.8 Å². The molecule has 0 radical (unpaired) electrons. The molecule has 6 heteroatoms. The van der Waals surface area contributed by atoms with E-state index in [2.05, 4.69) is 0 Å². The van der Waals surface area contributed by atoms with Crippen molar-refractivity contribution < 1.29 is 23.3 Å². The average molecular weight is 360 g/mol. The van der Waals surface area contributed by atoms with Gasteiger partial charge in [-0.05, 0) is 37.3 Å². The van der Waals surface area contributed by atoms with E-state index in [4.69, 9.17) is 9.47 Å². The van der Waals surface area contributed by atoms with Crippen molar-refractivity contribution in [2.75, 3.05) is 12.9 Å². The van der Waals surface area contributed by atoms with Crippen molar-refractivity contribution in [3.63, 3.8) is 0 Å². The highest BCUT2D eigenvalue weighted by Crippen LogP contribution is 2.22. The Hall–Kier alpha value is -2.47. The second kappa shape index (κ2) is 8.58. The molecule has 25 heavy (non-hydrogen) atoms. The minimum atomic E-state index is -1.26. The average Bonchev–Trinajstić information content (AvgIpc) is 2.65. The van der Waals surface area contributed by atoms with Gasteiger partial charge in [0, 0.05) is 16.9 Å². The van der Waals surface area contributed by atoms with E-state index in [1.54, 1.807) is 49.4 Å². The van der Waals surface area contributed by atoms with Crippen molar-refractivity contribution in [1.29, 1.82) is 0 Å². The second-order valence-corrected chi connectivity index (χ2v) is 7.00. The van der Waals surface area contributed by atoms with Crippen LogP contribution in [0.5, 0.6) is 5.75 Å². The molecule has 0 fully saturated rings. The van der Waals surface area contributed by atoms with Crippen LogP contribution in [-0.4, -0.2) is 28.8 Å². The van der Waals surface area contributed by atoms with E-state index in [0.29, 0.717) is 27.5 Å². The van der Waals surface area contributed by atoms with Crippen LogP contribution in [0.1, 0.15) is 40.1 Å². The van der Waals surface area contributed by atoms with Crippen LogP contribution in [0.2, 0.25) is 0 Å². The maximum Gasteiger partial charge on any atom is 0.339 e. The van der Waals surface area contributed by atoms with Crippen LogP contribution in [0, 0.1) is 0 Å². The lowest BCUT2D eigenvalue weighted by Crippen LogP contribution is -2.10. The number of hydrogen-bond donors (Lipinski definition) is 0. The van der Waals surface area contributed by atoms with Gasteiger partial charge in [0.1, 0.15) is 12.4 Å². The number of Topliss-reactive ketones (excluding diaryl/α,β-unsaturated/α-hetero) is 1. The van der Waals surface area contributed by atoms with Gasteiger partial charge in [-0.2, -0.15) is 0 Å². The third kappa shape index (κ3) is 4.54. The van der Waals surface area contributed by atoms with E-state index in [1.165, 1.54) is 14.0 Å². The van der Waals surface area contributed by atoms with Gasteiger partial charge in [-0.1, -0.05) is 19.1 Å². The molecular weight excluding hydrogens is 340 g/mol. The number of hydrogen-bond acceptors (Lipinski definition) is 5. The zero-order valence-electron chi connectivity index (χ0n) is 14.4. The molecule has 2 aromatic rings. The molecule has 0 saturated heterocycles. The molecule has 0 aliphatic carbocycles. The van der Waals surface area contributed by atoms with Crippen LogP contribution in [0.15, 0.2) is 47.4 Å². The largest absolute Gasteiger partial charge is 0.496 e. The molecule has 1 atom stereocenters. The van der Waals surface area contributed by atoms with Gasteiger partial charge in [0.15, 0.2) is 5.78 Å². The van der Waals surface area contributed by atoms with Crippen molar-refractivity contribution >= 4 is 22.6 Å². The summed E-state index contributed by atoms with van der Waals surface area (Å²) in [5.41, 5.74) is 1.39. The molecule has 5 nitrogen and oxygen atoms in total. The third-order valence-electron chi connectivity index (χ3n) is 3.66. The Morgan fingerprint density at radius 2 is 1.84 bits per heavy atom. The summed E-state index contributed by atoms with van der Waals surface area (Å²) in [7, 11) is 0.251. The predicted molar refractivity (Wildman–Crippen MR) is 95.5 cm³/mol. The van der Waals surface area contributed by atoms with Crippen molar-refractivity contribution in [1.82, 2.24) is 0 Å². The number of rotatable bonds is 7. The Balaban J connectivity index is 2.22. The molecule has 2 aromatic carbocycles. The van der Waals surface area contributed by atoms with E-state index in [0.717, 1.165) is 0 Å². The number of ether oxygens (including phenoxy) is 2. The summed E-state index contributed by atoms with van der Waals surface area (Å²) in [5, 5.41) is 0. The Labute approximate surface area is 149 Å². The number of esters is 1. The van der Waals surface area contributed by atoms with Crippen LogP contribution in [0.25, 0.3) is 0 Å². The number of carbonyl (C=O) groups excluding carboxylic acids is 2. The predicted octanol–water partition coefficient (Wildman–Crippen LogP) is 3.38. The fraction of sp³-hybridized carbons (Fsp3) is 0.263. The minimum Gasteiger partial charge on any atom is -0.496 e. The lowest BCUT2D eigenvalue weighted by atomic mass is 10.1.